The molecule has 1 aromatic rings. The molecule has 2 heterocycles. The van der Waals surface area contributed by atoms with Gasteiger partial charge in [-0.2, -0.15) is 0 Å². The van der Waals surface area contributed by atoms with Gasteiger partial charge in [-0.05, 0) is 17.9 Å². The first-order chi connectivity index (χ1) is 8.36. The number of nitrogens with zero attached hydrogens (tertiary/aromatic N) is 1. The lowest BCUT2D eigenvalue weighted by Gasteiger charge is -2.46. The minimum Gasteiger partial charge on any atom is -0.396 e. The highest BCUT2D eigenvalue weighted by atomic mass is 16.3. The highest BCUT2D eigenvalue weighted by Gasteiger charge is 2.36. The summed E-state index contributed by atoms with van der Waals surface area (Å²) in [6.45, 7) is 2.46. The molecule has 3 aliphatic rings. The molecule has 4 rings (SSSR count). The summed E-state index contributed by atoms with van der Waals surface area (Å²) >= 11 is 0. The molecule has 2 aliphatic heterocycles. The van der Waals surface area contributed by atoms with Crippen LogP contribution in [0, 0.1) is 11.8 Å². The summed E-state index contributed by atoms with van der Waals surface area (Å²) in [5, 5.41) is 9.44. The van der Waals surface area contributed by atoms with Crippen LogP contribution < -0.4 is 0 Å². The average molecular weight is 229 g/mol. The molecular formula is C15H19NO. The van der Waals surface area contributed by atoms with Gasteiger partial charge in [0.15, 0.2) is 0 Å². The molecule has 0 spiro atoms. The molecular weight excluding hydrogens is 210 g/mol. The van der Waals surface area contributed by atoms with Crippen LogP contribution in [0.3, 0.4) is 0 Å². The molecule has 3 atom stereocenters. The van der Waals surface area contributed by atoms with Gasteiger partial charge in [-0.3, -0.25) is 4.90 Å². The quantitative estimate of drug-likeness (QED) is 0.802. The van der Waals surface area contributed by atoms with Crippen LogP contribution in [0.2, 0.25) is 0 Å². The van der Waals surface area contributed by atoms with Crippen LogP contribution in [0.1, 0.15) is 12.0 Å². The minimum absolute atomic E-state index is 0.316. The third-order valence-corrected chi connectivity index (χ3v) is 4.02. The number of benzene rings is 1. The zero-order valence-electron chi connectivity index (χ0n) is 10.00. The van der Waals surface area contributed by atoms with E-state index in [1.54, 1.807) is 0 Å². The van der Waals surface area contributed by atoms with E-state index >= 15 is 0 Å². The van der Waals surface area contributed by atoms with Crippen molar-refractivity contribution in [2.45, 2.75) is 19.0 Å². The average Bonchev–Trinajstić information content (AvgIpc) is 2.40. The van der Waals surface area contributed by atoms with E-state index in [1.165, 1.54) is 5.56 Å². The summed E-state index contributed by atoms with van der Waals surface area (Å²) in [7, 11) is 0. The standard InChI is InChI=1S/C15H19NO/c17-11-14-8-13-6-7-15(14)16(10-13)9-12-4-2-1-3-5-12/h1-7,13-15,17H,8-11H2/t13-,14-,15+/m1/s1. The Balaban J connectivity index is 1.75. The van der Waals surface area contributed by atoms with Gasteiger partial charge < -0.3 is 5.11 Å². The monoisotopic (exact) mass is 229 g/mol. The van der Waals surface area contributed by atoms with E-state index in [0.29, 0.717) is 24.5 Å². The fourth-order valence-electron chi connectivity index (χ4n) is 3.18. The van der Waals surface area contributed by atoms with Crippen molar-refractivity contribution in [2.24, 2.45) is 11.8 Å². The Morgan fingerprint density at radius 1 is 1.18 bits per heavy atom. The molecule has 1 N–H and O–H groups in total. The predicted octanol–water partition coefficient (Wildman–Crippen LogP) is 2.06. The fourth-order valence-corrected chi connectivity index (χ4v) is 3.18. The molecule has 17 heavy (non-hydrogen) atoms. The first-order valence-electron chi connectivity index (χ1n) is 6.44. The topological polar surface area (TPSA) is 23.5 Å². The Hall–Kier alpha value is -1.12. The second-order valence-corrected chi connectivity index (χ2v) is 5.23. The van der Waals surface area contributed by atoms with Crippen LogP contribution in [-0.4, -0.2) is 29.2 Å². The first kappa shape index (κ1) is 11.0. The van der Waals surface area contributed by atoms with Crippen molar-refractivity contribution < 1.29 is 5.11 Å². The van der Waals surface area contributed by atoms with Crippen LogP contribution in [0.15, 0.2) is 42.5 Å². The molecule has 0 radical (unpaired) electrons. The molecule has 2 bridgehead atoms. The molecule has 1 aromatic carbocycles. The van der Waals surface area contributed by atoms with Gasteiger partial charge in [-0.25, -0.2) is 0 Å². The number of hydrogen-bond donors (Lipinski definition) is 1. The summed E-state index contributed by atoms with van der Waals surface area (Å²) in [5.74, 6) is 1.07. The Bertz CT molecular complexity index is 401. The summed E-state index contributed by atoms with van der Waals surface area (Å²) in [4.78, 5) is 2.50. The number of fused-ring (bicyclic) bond motifs is 2. The van der Waals surface area contributed by atoms with Crippen molar-refractivity contribution in [3.8, 4) is 0 Å². The van der Waals surface area contributed by atoms with Crippen LogP contribution in [0.4, 0.5) is 0 Å². The minimum atomic E-state index is 0.316. The molecule has 1 fully saturated rings. The van der Waals surface area contributed by atoms with Crippen LogP contribution >= 0.6 is 0 Å². The van der Waals surface area contributed by atoms with Gasteiger partial charge in [-0.15, -0.1) is 0 Å². The molecule has 0 unspecified atom stereocenters. The lowest BCUT2D eigenvalue weighted by molar-refractivity contribution is 0.0442. The van der Waals surface area contributed by atoms with Crippen molar-refractivity contribution in [3.63, 3.8) is 0 Å². The maximum atomic E-state index is 9.44. The normalized spacial score (nSPS) is 31.9. The third-order valence-electron chi connectivity index (χ3n) is 4.02. The van der Waals surface area contributed by atoms with Gasteiger partial charge in [0.2, 0.25) is 0 Å². The molecule has 2 heteroatoms. The van der Waals surface area contributed by atoms with Gasteiger partial charge in [0.1, 0.15) is 0 Å². The van der Waals surface area contributed by atoms with Crippen molar-refractivity contribution in [3.05, 3.63) is 48.0 Å². The molecule has 1 aliphatic carbocycles. The van der Waals surface area contributed by atoms with E-state index in [-0.39, 0.29) is 0 Å². The zero-order valence-corrected chi connectivity index (χ0v) is 10.00. The lowest BCUT2D eigenvalue weighted by Crippen LogP contribution is -2.50. The van der Waals surface area contributed by atoms with Crippen LogP contribution in [-0.2, 0) is 6.54 Å². The molecule has 0 aromatic heterocycles. The third kappa shape index (κ3) is 2.15. The van der Waals surface area contributed by atoms with Gasteiger partial charge in [0.25, 0.3) is 0 Å². The Morgan fingerprint density at radius 2 is 2.00 bits per heavy atom. The van der Waals surface area contributed by atoms with E-state index in [1.807, 2.05) is 0 Å². The Morgan fingerprint density at radius 3 is 2.71 bits per heavy atom. The smallest absolute Gasteiger partial charge is 0.0477 e. The van der Waals surface area contributed by atoms with Crippen molar-refractivity contribution in [1.29, 1.82) is 0 Å². The molecule has 0 saturated carbocycles. The fraction of sp³-hybridized carbons (Fsp3) is 0.467. The lowest BCUT2D eigenvalue weighted by atomic mass is 9.78. The van der Waals surface area contributed by atoms with Crippen LogP contribution in [0.5, 0.6) is 0 Å². The number of rotatable bonds is 3. The van der Waals surface area contributed by atoms with Crippen LogP contribution in [0.25, 0.3) is 0 Å². The Kier molecular flexibility index (Phi) is 3.00. The number of aliphatic hydroxyl groups excluding tert-OH is 1. The second kappa shape index (κ2) is 4.63. The maximum Gasteiger partial charge on any atom is 0.0477 e. The van der Waals surface area contributed by atoms with E-state index in [9.17, 15) is 5.11 Å². The van der Waals surface area contributed by atoms with Gasteiger partial charge >= 0.3 is 0 Å². The summed E-state index contributed by atoms with van der Waals surface area (Å²) in [6.07, 6.45) is 5.78. The number of piperidine rings is 1. The second-order valence-electron chi connectivity index (χ2n) is 5.23. The van der Waals surface area contributed by atoms with Crippen molar-refractivity contribution in [1.82, 2.24) is 4.90 Å². The summed E-state index contributed by atoms with van der Waals surface area (Å²) < 4.78 is 0. The largest absolute Gasteiger partial charge is 0.396 e. The molecule has 1 saturated heterocycles. The van der Waals surface area contributed by atoms with E-state index in [0.717, 1.165) is 19.5 Å². The number of hydrogen-bond acceptors (Lipinski definition) is 2. The molecule has 2 nitrogen and oxygen atoms in total. The summed E-state index contributed by atoms with van der Waals surface area (Å²) in [5.41, 5.74) is 1.37. The predicted molar refractivity (Wildman–Crippen MR) is 68.5 cm³/mol. The van der Waals surface area contributed by atoms with E-state index < -0.39 is 0 Å². The van der Waals surface area contributed by atoms with Gasteiger partial charge in [0, 0.05) is 31.7 Å². The van der Waals surface area contributed by atoms with Crippen molar-refractivity contribution in [2.75, 3.05) is 13.2 Å². The molecule has 0 amide bonds. The highest BCUT2D eigenvalue weighted by Crippen LogP contribution is 2.34. The van der Waals surface area contributed by atoms with Gasteiger partial charge in [0.05, 0.1) is 0 Å². The van der Waals surface area contributed by atoms with Crippen molar-refractivity contribution >= 4 is 0 Å². The Labute approximate surface area is 103 Å². The zero-order chi connectivity index (χ0) is 11.7. The van der Waals surface area contributed by atoms with E-state index in [2.05, 4.69) is 47.4 Å². The molecule has 90 valence electrons. The SMILES string of the molecule is OC[C@H]1C[C@H]2C=C[C@@H]1N(Cc1ccccc1)C2. The van der Waals surface area contributed by atoms with Gasteiger partial charge in [-0.1, -0.05) is 42.5 Å². The van der Waals surface area contributed by atoms with E-state index in [4.69, 9.17) is 0 Å². The number of aliphatic hydroxyl groups is 1. The first-order valence-corrected chi connectivity index (χ1v) is 6.44. The summed E-state index contributed by atoms with van der Waals surface area (Å²) in [6, 6.07) is 11.0. The highest BCUT2D eigenvalue weighted by molar-refractivity contribution is 5.17. The maximum absolute atomic E-state index is 9.44.